The number of halogens is 1. The molecule has 1 aromatic heterocycles. The lowest BCUT2D eigenvalue weighted by Crippen LogP contribution is -2.50. The summed E-state index contributed by atoms with van der Waals surface area (Å²) < 4.78 is 7.67. The third-order valence-corrected chi connectivity index (χ3v) is 6.69. The van der Waals surface area contributed by atoms with Gasteiger partial charge in [0.15, 0.2) is 17.6 Å². The zero-order valence-corrected chi connectivity index (χ0v) is 18.7. The van der Waals surface area contributed by atoms with Crippen LogP contribution in [-0.2, 0) is 22.7 Å². The predicted molar refractivity (Wildman–Crippen MR) is 120 cm³/mol. The third kappa shape index (κ3) is 5.46. The van der Waals surface area contributed by atoms with Crippen LogP contribution in [0, 0.1) is 12.8 Å². The highest BCUT2D eigenvalue weighted by molar-refractivity contribution is 6.30. The summed E-state index contributed by atoms with van der Waals surface area (Å²) in [7, 11) is 0. The fourth-order valence-electron chi connectivity index (χ4n) is 4.34. The average Bonchev–Trinajstić information content (AvgIpc) is 3.46. The summed E-state index contributed by atoms with van der Waals surface area (Å²) in [6, 6.07) is 9.44. The van der Waals surface area contributed by atoms with E-state index in [1.54, 1.807) is 6.92 Å². The highest BCUT2D eigenvalue weighted by Crippen LogP contribution is 2.34. The summed E-state index contributed by atoms with van der Waals surface area (Å²) in [6.45, 7) is 5.73. The largest absolute Gasteiger partial charge is 0.459 e. The van der Waals surface area contributed by atoms with E-state index in [1.807, 2.05) is 30.3 Å². The van der Waals surface area contributed by atoms with Gasteiger partial charge >= 0.3 is 5.97 Å². The average molecular weight is 446 g/mol. The summed E-state index contributed by atoms with van der Waals surface area (Å²) in [5.74, 6) is 0.524. The van der Waals surface area contributed by atoms with E-state index in [9.17, 15) is 9.59 Å². The second kappa shape index (κ2) is 9.40. The molecule has 1 aromatic carbocycles. The van der Waals surface area contributed by atoms with Crippen LogP contribution < -0.4 is 10.9 Å². The van der Waals surface area contributed by atoms with E-state index in [2.05, 4.69) is 10.3 Å². The Labute approximate surface area is 187 Å². The van der Waals surface area contributed by atoms with Crippen molar-refractivity contribution in [1.29, 1.82) is 0 Å². The van der Waals surface area contributed by atoms with E-state index < -0.39 is 5.97 Å². The molecule has 2 aromatic rings. The van der Waals surface area contributed by atoms with E-state index in [0.717, 1.165) is 35.6 Å². The standard InChI is InChI=1S/C23H30ClN4O3/c1-17-21(24)26-22(25-16-28(11-5-6-12-28)14-18-9-10-18)23(30)27(17)13-20(29)31-15-19-7-3-2-4-8-19/h2-4,7-8,18H,5-6,9-16H2,1H3,(H,25,26)/q+1. The Morgan fingerprint density at radius 3 is 2.65 bits per heavy atom. The Bertz CT molecular complexity index is 982. The molecule has 1 aliphatic carbocycles. The van der Waals surface area contributed by atoms with Crippen molar-refractivity contribution in [2.24, 2.45) is 5.92 Å². The summed E-state index contributed by atoms with van der Waals surface area (Å²) in [6.07, 6.45) is 5.06. The van der Waals surface area contributed by atoms with E-state index in [0.29, 0.717) is 12.4 Å². The van der Waals surface area contributed by atoms with Crippen LogP contribution in [0.4, 0.5) is 5.82 Å². The number of aromatic nitrogens is 2. The number of nitrogens with zero attached hydrogens (tertiary/aromatic N) is 3. The van der Waals surface area contributed by atoms with Crippen LogP contribution in [0.25, 0.3) is 0 Å². The number of hydrogen-bond acceptors (Lipinski definition) is 5. The molecule has 0 bridgehead atoms. The molecule has 1 N–H and O–H groups in total. The number of carbonyl (C=O) groups is 1. The van der Waals surface area contributed by atoms with Crippen LogP contribution in [-0.4, -0.2) is 46.3 Å². The molecule has 1 saturated carbocycles. The monoisotopic (exact) mass is 445 g/mol. The van der Waals surface area contributed by atoms with E-state index in [-0.39, 0.29) is 29.7 Å². The van der Waals surface area contributed by atoms with Gasteiger partial charge in [-0.2, -0.15) is 0 Å². The normalized spacial score (nSPS) is 17.5. The number of nitrogens with one attached hydrogen (secondary N) is 1. The smallest absolute Gasteiger partial charge is 0.326 e. The van der Waals surface area contributed by atoms with Crippen molar-refractivity contribution in [2.75, 3.05) is 31.6 Å². The lowest BCUT2D eigenvalue weighted by molar-refractivity contribution is -0.915. The molecule has 0 atom stereocenters. The van der Waals surface area contributed by atoms with Gasteiger partial charge in [0, 0.05) is 18.8 Å². The van der Waals surface area contributed by atoms with Gasteiger partial charge in [0.2, 0.25) is 0 Å². The summed E-state index contributed by atoms with van der Waals surface area (Å²) in [5, 5.41) is 3.48. The molecule has 166 valence electrons. The number of esters is 1. The fourth-order valence-corrected chi connectivity index (χ4v) is 4.53. The first-order valence-electron chi connectivity index (χ1n) is 11.0. The van der Waals surface area contributed by atoms with E-state index in [4.69, 9.17) is 16.3 Å². The molecular weight excluding hydrogens is 416 g/mol. The van der Waals surface area contributed by atoms with Gasteiger partial charge in [0.05, 0.1) is 25.3 Å². The predicted octanol–water partition coefficient (Wildman–Crippen LogP) is 3.34. The van der Waals surface area contributed by atoms with Crippen molar-refractivity contribution in [3.05, 3.63) is 57.1 Å². The maximum Gasteiger partial charge on any atom is 0.326 e. The van der Waals surface area contributed by atoms with Crippen molar-refractivity contribution in [2.45, 2.75) is 45.8 Å². The highest BCUT2D eigenvalue weighted by Gasteiger charge is 2.38. The van der Waals surface area contributed by atoms with Crippen LogP contribution in [0.2, 0.25) is 5.15 Å². The number of rotatable bonds is 9. The zero-order valence-electron chi connectivity index (χ0n) is 18.0. The Morgan fingerprint density at radius 2 is 1.97 bits per heavy atom. The van der Waals surface area contributed by atoms with Crippen molar-refractivity contribution in [1.82, 2.24) is 9.55 Å². The topological polar surface area (TPSA) is 73.2 Å². The highest BCUT2D eigenvalue weighted by atomic mass is 35.5. The van der Waals surface area contributed by atoms with Gasteiger partial charge in [-0.15, -0.1) is 0 Å². The number of carbonyl (C=O) groups excluding carboxylic acids is 1. The molecule has 1 saturated heterocycles. The minimum absolute atomic E-state index is 0.165. The number of hydrogen-bond donors (Lipinski definition) is 1. The first kappa shape index (κ1) is 21.8. The molecule has 0 amide bonds. The maximum atomic E-state index is 13.1. The minimum atomic E-state index is -0.487. The third-order valence-electron chi connectivity index (χ3n) is 6.33. The Morgan fingerprint density at radius 1 is 1.26 bits per heavy atom. The molecule has 2 fully saturated rings. The Hall–Kier alpha value is -2.38. The molecule has 0 unspecified atom stereocenters. The molecule has 31 heavy (non-hydrogen) atoms. The fraction of sp³-hybridized carbons (Fsp3) is 0.522. The molecule has 4 rings (SSSR count). The Balaban J connectivity index is 1.44. The number of anilines is 1. The molecule has 8 heteroatoms. The van der Waals surface area contributed by atoms with Gasteiger partial charge < -0.3 is 14.5 Å². The molecular formula is C23H30ClN4O3+. The van der Waals surface area contributed by atoms with Gasteiger partial charge in [-0.05, 0) is 25.3 Å². The van der Waals surface area contributed by atoms with Crippen molar-refractivity contribution in [3.63, 3.8) is 0 Å². The van der Waals surface area contributed by atoms with Crippen molar-refractivity contribution >= 4 is 23.4 Å². The second-order valence-electron chi connectivity index (χ2n) is 8.83. The number of benzene rings is 1. The summed E-state index contributed by atoms with van der Waals surface area (Å²) >= 11 is 6.30. The van der Waals surface area contributed by atoms with Crippen molar-refractivity contribution < 1.29 is 14.0 Å². The van der Waals surface area contributed by atoms with Crippen molar-refractivity contribution in [3.8, 4) is 0 Å². The SMILES string of the molecule is Cc1c(Cl)nc(NC[N+]2(CC3CC3)CCCC2)c(=O)n1CC(=O)OCc1ccccc1. The van der Waals surface area contributed by atoms with Crippen LogP contribution in [0.5, 0.6) is 0 Å². The lowest BCUT2D eigenvalue weighted by atomic mass is 10.2. The molecule has 0 spiro atoms. The van der Waals surface area contributed by atoms with Gasteiger partial charge in [-0.25, -0.2) is 4.98 Å². The van der Waals surface area contributed by atoms with Crippen LogP contribution in [0.15, 0.2) is 35.1 Å². The molecule has 2 heterocycles. The minimum Gasteiger partial charge on any atom is -0.459 e. The van der Waals surface area contributed by atoms with Crippen LogP contribution >= 0.6 is 11.6 Å². The number of likely N-dealkylation sites (tertiary alicyclic amines) is 1. The number of quaternary nitrogens is 1. The molecule has 2 aliphatic rings. The van der Waals surface area contributed by atoms with Gasteiger partial charge in [0.25, 0.3) is 5.56 Å². The molecule has 1 aliphatic heterocycles. The van der Waals surface area contributed by atoms with Gasteiger partial charge in [0.1, 0.15) is 13.2 Å². The molecule has 0 radical (unpaired) electrons. The quantitative estimate of drug-likeness (QED) is 0.473. The van der Waals surface area contributed by atoms with E-state index >= 15 is 0 Å². The van der Waals surface area contributed by atoms with Crippen LogP contribution in [0.1, 0.15) is 36.9 Å². The van der Waals surface area contributed by atoms with Gasteiger partial charge in [-0.1, -0.05) is 41.9 Å². The van der Waals surface area contributed by atoms with Crippen LogP contribution in [0.3, 0.4) is 0 Å². The van der Waals surface area contributed by atoms with Gasteiger partial charge in [-0.3, -0.25) is 14.2 Å². The second-order valence-corrected chi connectivity index (χ2v) is 9.19. The zero-order chi connectivity index (χ0) is 21.8. The number of ether oxygens (including phenoxy) is 1. The summed E-state index contributed by atoms with van der Waals surface area (Å²) in [5.41, 5.74) is 1.00. The lowest BCUT2D eigenvalue weighted by Gasteiger charge is -2.34. The molecule has 7 nitrogen and oxygen atoms in total. The Kier molecular flexibility index (Phi) is 6.62. The maximum absolute atomic E-state index is 13.1. The van der Waals surface area contributed by atoms with E-state index in [1.165, 1.54) is 30.3 Å². The first-order valence-corrected chi connectivity index (χ1v) is 11.4. The first-order chi connectivity index (χ1) is 15.0. The summed E-state index contributed by atoms with van der Waals surface area (Å²) in [4.78, 5) is 29.7.